The summed E-state index contributed by atoms with van der Waals surface area (Å²) in [6.07, 6.45) is 1.10. The second-order valence-corrected chi connectivity index (χ2v) is 12.1. The summed E-state index contributed by atoms with van der Waals surface area (Å²) in [6.45, 7) is 0.320. The van der Waals surface area contributed by atoms with Gasteiger partial charge in [-0.25, -0.2) is 19.3 Å². The van der Waals surface area contributed by atoms with Crippen LogP contribution in [0.5, 0.6) is 11.5 Å². The van der Waals surface area contributed by atoms with Crippen molar-refractivity contribution in [3.05, 3.63) is 89.4 Å². The molecule has 4 N–H and O–H groups in total. The van der Waals surface area contributed by atoms with Gasteiger partial charge < -0.3 is 25.6 Å². The first-order valence-electron chi connectivity index (χ1n) is 15.8. The third kappa shape index (κ3) is 7.48. The topological polar surface area (TPSA) is 150 Å². The molecule has 2 aromatic heterocycles. The molecule has 4 aromatic rings. The second kappa shape index (κ2) is 13.4. The molecule has 2 fully saturated rings. The number of hydrogen-bond donors (Lipinski definition) is 3. The summed E-state index contributed by atoms with van der Waals surface area (Å²) < 4.78 is 69.7. The van der Waals surface area contributed by atoms with Crippen LogP contribution in [0, 0.1) is 5.82 Å². The molecule has 0 saturated heterocycles. The monoisotopic (exact) mass is 679 g/mol. The van der Waals surface area contributed by atoms with Crippen molar-refractivity contribution in [3.8, 4) is 33.9 Å². The van der Waals surface area contributed by atoms with Gasteiger partial charge in [0.1, 0.15) is 28.8 Å². The molecule has 2 heterocycles. The van der Waals surface area contributed by atoms with Crippen molar-refractivity contribution >= 4 is 11.8 Å². The van der Waals surface area contributed by atoms with Crippen molar-refractivity contribution in [2.45, 2.75) is 62.8 Å². The van der Waals surface area contributed by atoms with Gasteiger partial charge in [-0.05, 0) is 81.1 Å². The number of carbonyl (C=O) groups excluding carboxylic acids is 2. The minimum Gasteiger partial charge on any atom is -0.491 e. The zero-order valence-electron chi connectivity index (χ0n) is 26.4. The van der Waals surface area contributed by atoms with Gasteiger partial charge in [0.15, 0.2) is 0 Å². The fraction of sp³-hybridized carbons (Fsp3) is 0.343. The first-order chi connectivity index (χ1) is 23.4. The quantitative estimate of drug-likeness (QED) is 0.160. The number of ether oxygens (including phenoxy) is 2. The van der Waals surface area contributed by atoms with Crippen LogP contribution in [0.25, 0.3) is 22.4 Å². The van der Waals surface area contributed by atoms with Gasteiger partial charge in [-0.15, -0.1) is 0 Å². The first-order valence-corrected chi connectivity index (χ1v) is 15.8. The molecule has 0 radical (unpaired) electrons. The summed E-state index contributed by atoms with van der Waals surface area (Å²) >= 11 is 0. The molecule has 2 aliphatic carbocycles. The fourth-order valence-corrected chi connectivity index (χ4v) is 5.27. The van der Waals surface area contributed by atoms with E-state index < -0.39 is 48.1 Å². The Labute approximate surface area is 278 Å². The number of carbonyl (C=O) groups is 2. The predicted octanol–water partition coefficient (Wildman–Crippen LogP) is 5.37. The summed E-state index contributed by atoms with van der Waals surface area (Å²) in [7, 11) is 0. The molecule has 0 aliphatic heterocycles. The Morgan fingerprint density at radius 1 is 1.00 bits per heavy atom. The first kappa shape index (κ1) is 33.8. The van der Waals surface area contributed by atoms with E-state index in [9.17, 15) is 32.3 Å². The lowest BCUT2D eigenvalue weighted by molar-refractivity contribution is -0.265. The van der Waals surface area contributed by atoms with Gasteiger partial charge in [-0.2, -0.15) is 13.2 Å². The molecular weight excluding hydrogens is 646 g/mol. The molecule has 0 unspecified atom stereocenters. The number of amides is 2. The van der Waals surface area contributed by atoms with Crippen LogP contribution in [0.1, 0.15) is 66.0 Å². The maximum absolute atomic E-state index is 14.8. The van der Waals surface area contributed by atoms with Crippen molar-refractivity contribution in [2.24, 2.45) is 5.73 Å². The van der Waals surface area contributed by atoms with E-state index in [4.69, 9.17) is 15.2 Å². The van der Waals surface area contributed by atoms with Crippen LogP contribution in [0.15, 0.2) is 60.9 Å². The number of pyridine rings is 1. The van der Waals surface area contributed by atoms with Crippen LogP contribution in [0.2, 0.25) is 0 Å². The molecule has 14 heteroatoms. The Morgan fingerprint density at radius 2 is 1.69 bits per heavy atom. The minimum absolute atomic E-state index is 0.0134. The number of nitrogens with one attached hydrogen (secondary N) is 1. The maximum atomic E-state index is 14.8. The average Bonchev–Trinajstić information content (AvgIpc) is 4.00. The molecule has 2 saturated carbocycles. The summed E-state index contributed by atoms with van der Waals surface area (Å²) in [6, 6.07) is 10.0. The summed E-state index contributed by atoms with van der Waals surface area (Å²) in [5.74, 6) is -1.00. The van der Waals surface area contributed by atoms with Gasteiger partial charge in [0.2, 0.25) is 11.5 Å². The number of alkyl halides is 3. The second-order valence-electron chi connectivity index (χ2n) is 12.1. The molecule has 256 valence electrons. The highest BCUT2D eigenvalue weighted by molar-refractivity contribution is 5.95. The molecule has 0 bridgehead atoms. The minimum atomic E-state index is -5.36. The van der Waals surface area contributed by atoms with Crippen molar-refractivity contribution < 1.29 is 41.7 Å². The molecule has 2 aromatic carbocycles. The number of primary amides is 1. The molecule has 2 amide bonds. The van der Waals surface area contributed by atoms with E-state index in [1.165, 1.54) is 24.3 Å². The number of aliphatic hydroxyl groups is 1. The van der Waals surface area contributed by atoms with Crippen LogP contribution in [0.3, 0.4) is 0 Å². The van der Waals surface area contributed by atoms with Crippen LogP contribution < -0.4 is 20.5 Å². The van der Waals surface area contributed by atoms with Crippen molar-refractivity contribution in [1.29, 1.82) is 0 Å². The van der Waals surface area contributed by atoms with Gasteiger partial charge >= 0.3 is 6.18 Å². The van der Waals surface area contributed by atoms with Crippen molar-refractivity contribution in [3.63, 3.8) is 0 Å². The Hall–Kier alpha value is -5.11. The summed E-state index contributed by atoms with van der Waals surface area (Å²) in [5.41, 5.74) is 1.88. The highest BCUT2D eigenvalue weighted by Crippen LogP contribution is 2.43. The van der Waals surface area contributed by atoms with Gasteiger partial charge in [0.25, 0.3) is 5.91 Å². The van der Waals surface area contributed by atoms with E-state index >= 15 is 0 Å². The fourth-order valence-electron chi connectivity index (χ4n) is 5.27. The predicted molar refractivity (Wildman–Crippen MR) is 169 cm³/mol. The van der Waals surface area contributed by atoms with E-state index in [1.54, 1.807) is 25.4 Å². The Kier molecular flexibility index (Phi) is 9.25. The van der Waals surface area contributed by atoms with Gasteiger partial charge in [-0.3, -0.25) is 9.59 Å². The van der Waals surface area contributed by atoms with E-state index in [1.807, 2.05) is 0 Å². The molecule has 10 nitrogen and oxygen atoms in total. The lowest BCUT2D eigenvalue weighted by atomic mass is 9.93. The molecule has 49 heavy (non-hydrogen) atoms. The number of nitrogens with zero attached hydrogens (tertiary/aromatic N) is 3. The molecule has 2 aliphatic rings. The Bertz CT molecular complexity index is 1860. The number of halogens is 4. The number of rotatable bonds is 13. The van der Waals surface area contributed by atoms with E-state index in [-0.39, 0.29) is 40.8 Å². The Balaban J connectivity index is 1.33. The lowest BCUT2D eigenvalue weighted by Gasteiger charge is -2.31. The summed E-state index contributed by atoms with van der Waals surface area (Å²) in [5, 5.41) is 13.5. The average molecular weight is 680 g/mol. The summed E-state index contributed by atoms with van der Waals surface area (Å²) in [4.78, 5) is 38.3. The largest absolute Gasteiger partial charge is 0.491 e. The van der Waals surface area contributed by atoms with Gasteiger partial charge in [0, 0.05) is 46.1 Å². The van der Waals surface area contributed by atoms with Gasteiger partial charge in [-0.1, -0.05) is 0 Å². The lowest BCUT2D eigenvalue weighted by Crippen LogP contribution is -2.51. The smallest absolute Gasteiger partial charge is 0.424 e. The van der Waals surface area contributed by atoms with Crippen LogP contribution in [0.4, 0.5) is 17.6 Å². The molecule has 1 atom stereocenters. The SMILES string of the molecule is CCOc1c(CC(N)=O)cc([C@@](O)(CNC(=O)c2ccc(-c3cnc(C4CC4)nc3)c(OC3CC3)c2)C(F)(F)F)nc1-c1ccc(F)cc1. The highest BCUT2D eigenvalue weighted by Gasteiger charge is 2.57. The molecule has 0 spiro atoms. The van der Waals surface area contributed by atoms with Gasteiger partial charge in [0.05, 0.1) is 31.4 Å². The van der Waals surface area contributed by atoms with Crippen molar-refractivity contribution in [1.82, 2.24) is 20.3 Å². The third-order valence-electron chi connectivity index (χ3n) is 8.21. The number of hydrogen-bond acceptors (Lipinski definition) is 8. The zero-order chi connectivity index (χ0) is 34.9. The van der Waals surface area contributed by atoms with E-state index in [2.05, 4.69) is 20.3 Å². The number of benzene rings is 2. The van der Waals surface area contributed by atoms with Crippen LogP contribution >= 0.6 is 0 Å². The highest BCUT2D eigenvalue weighted by atomic mass is 19.4. The van der Waals surface area contributed by atoms with Crippen LogP contribution in [-0.2, 0) is 16.8 Å². The number of aromatic nitrogens is 3. The molecule has 6 rings (SSSR count). The standard InChI is InChI=1S/C35H33F4N5O5/c1-2-48-31-22(15-29(40)45)14-28(44-30(31)19-5-8-24(36)9-6-19)34(47,35(37,38)39)18-43-33(46)21-7-12-26(27(13-21)49-25-10-11-25)23-16-41-32(42-17-23)20-3-4-20/h5-9,12-14,16-17,20,25,47H,2-4,10-11,15,18H2,1H3,(H2,40,45)(H,43,46)/t34-/m0/s1. The van der Waals surface area contributed by atoms with E-state index in [0.29, 0.717) is 22.8 Å². The molecular formula is C35H33F4N5O5. The third-order valence-corrected chi connectivity index (χ3v) is 8.21. The zero-order valence-corrected chi connectivity index (χ0v) is 26.4. The van der Waals surface area contributed by atoms with E-state index in [0.717, 1.165) is 49.7 Å². The number of nitrogens with two attached hydrogens (primary N) is 1. The van der Waals surface area contributed by atoms with Crippen LogP contribution in [-0.4, -0.2) is 57.3 Å². The van der Waals surface area contributed by atoms with Crippen molar-refractivity contribution in [2.75, 3.05) is 13.2 Å². The maximum Gasteiger partial charge on any atom is 0.424 e. The Morgan fingerprint density at radius 3 is 2.29 bits per heavy atom. The normalized spacial score (nSPS) is 15.7.